The van der Waals surface area contributed by atoms with Crippen LogP contribution in [0.5, 0.6) is 5.75 Å². The summed E-state index contributed by atoms with van der Waals surface area (Å²) in [6.45, 7) is 6.47. The SMILES string of the molecule is CCOC(=O)OC1CC2C(COC3OC(CO)C(O)C(O)C3OC(=O)C=Cc3ccc(O)cc3)=COC(C)(OC(=O)CC(C)C)C2C1(O)OC(=O)OCC. The monoisotopic (exact) mass is 768 g/mol. The Kier molecular flexibility index (Phi) is 14.3. The molecule has 0 radical (unpaired) electrons. The van der Waals surface area contributed by atoms with Crippen LogP contribution in [0.3, 0.4) is 0 Å². The highest BCUT2D eigenvalue weighted by atomic mass is 16.8. The fourth-order valence-electron chi connectivity index (χ4n) is 6.54. The number of hydrogen-bond acceptors (Lipinski definition) is 18. The summed E-state index contributed by atoms with van der Waals surface area (Å²) in [7, 11) is 0. The van der Waals surface area contributed by atoms with Gasteiger partial charge in [-0.3, -0.25) is 4.79 Å². The lowest BCUT2D eigenvalue weighted by Crippen LogP contribution is -2.61. The molecule has 3 aliphatic rings. The summed E-state index contributed by atoms with van der Waals surface area (Å²) in [5.41, 5.74) is 0.744. The van der Waals surface area contributed by atoms with Gasteiger partial charge in [-0.2, -0.15) is 0 Å². The van der Waals surface area contributed by atoms with E-state index in [1.165, 1.54) is 57.4 Å². The van der Waals surface area contributed by atoms with E-state index in [1.807, 2.05) is 0 Å². The molecule has 10 unspecified atom stereocenters. The van der Waals surface area contributed by atoms with Gasteiger partial charge in [-0.25, -0.2) is 14.4 Å². The molecule has 1 saturated carbocycles. The van der Waals surface area contributed by atoms with E-state index >= 15 is 0 Å². The topological polar surface area (TPSA) is 252 Å². The van der Waals surface area contributed by atoms with Crippen LogP contribution in [0.1, 0.15) is 53.0 Å². The third kappa shape index (κ3) is 9.99. The molecule has 0 aromatic heterocycles. The Morgan fingerprint density at radius 2 is 1.65 bits per heavy atom. The number of carbonyl (C=O) groups excluding carboxylic acids is 4. The number of rotatable bonds is 14. The molecule has 0 spiro atoms. The normalized spacial score (nSPS) is 31.9. The number of phenols is 1. The molecular weight excluding hydrogens is 720 g/mol. The molecule has 2 fully saturated rings. The predicted octanol–water partition coefficient (Wildman–Crippen LogP) is 2.03. The van der Waals surface area contributed by atoms with Crippen molar-refractivity contribution in [3.05, 3.63) is 47.7 Å². The van der Waals surface area contributed by atoms with Gasteiger partial charge in [0.2, 0.25) is 0 Å². The Balaban J connectivity index is 1.65. The Hall–Kier alpha value is -4.46. The molecule has 54 heavy (non-hydrogen) atoms. The smallest absolute Gasteiger partial charge is 0.508 e. The van der Waals surface area contributed by atoms with Crippen LogP contribution in [0.2, 0.25) is 0 Å². The van der Waals surface area contributed by atoms with E-state index in [1.54, 1.807) is 13.8 Å². The Morgan fingerprint density at radius 1 is 0.981 bits per heavy atom. The molecule has 4 rings (SSSR count). The van der Waals surface area contributed by atoms with Gasteiger partial charge in [-0.05, 0) is 55.5 Å². The number of aromatic hydroxyl groups is 1. The third-order valence-electron chi connectivity index (χ3n) is 8.96. The maximum absolute atomic E-state index is 13.0. The second kappa shape index (κ2) is 18.2. The highest BCUT2D eigenvalue weighted by Gasteiger charge is 2.70. The number of aliphatic hydroxyl groups is 4. The summed E-state index contributed by atoms with van der Waals surface area (Å²) < 4.78 is 49.5. The fraction of sp³-hybridized carbons (Fsp3) is 0.611. The van der Waals surface area contributed by atoms with Crippen molar-refractivity contribution in [1.82, 2.24) is 0 Å². The van der Waals surface area contributed by atoms with Crippen molar-refractivity contribution in [1.29, 1.82) is 0 Å². The molecule has 1 saturated heterocycles. The van der Waals surface area contributed by atoms with Crippen LogP contribution in [-0.2, 0) is 52.2 Å². The summed E-state index contributed by atoms with van der Waals surface area (Å²) in [6, 6.07) is 5.88. The van der Waals surface area contributed by atoms with Crippen LogP contribution < -0.4 is 0 Å². The van der Waals surface area contributed by atoms with Crippen LogP contribution in [0.15, 0.2) is 42.2 Å². The van der Waals surface area contributed by atoms with Crippen molar-refractivity contribution in [3.8, 4) is 5.75 Å². The van der Waals surface area contributed by atoms with Crippen LogP contribution in [0, 0.1) is 17.8 Å². The largest absolute Gasteiger partial charge is 0.510 e. The Bertz CT molecular complexity index is 1530. The Morgan fingerprint density at radius 3 is 2.28 bits per heavy atom. The minimum absolute atomic E-state index is 0.0158. The number of esters is 2. The fourth-order valence-corrected chi connectivity index (χ4v) is 6.54. The van der Waals surface area contributed by atoms with E-state index in [9.17, 15) is 44.7 Å². The minimum Gasteiger partial charge on any atom is -0.508 e. The number of benzene rings is 1. The zero-order chi connectivity index (χ0) is 39.8. The van der Waals surface area contributed by atoms with E-state index in [4.69, 9.17) is 42.6 Å². The number of phenolic OH excluding ortho intramolecular Hbond substituents is 1. The number of aliphatic hydroxyl groups excluding tert-OH is 3. The summed E-state index contributed by atoms with van der Waals surface area (Å²) >= 11 is 0. The Labute approximate surface area is 311 Å². The lowest BCUT2D eigenvalue weighted by molar-refractivity contribution is -0.321. The molecule has 2 heterocycles. The third-order valence-corrected chi connectivity index (χ3v) is 8.96. The number of ether oxygens (including phenoxy) is 9. The lowest BCUT2D eigenvalue weighted by Gasteiger charge is -2.46. The van der Waals surface area contributed by atoms with Gasteiger partial charge in [-0.1, -0.05) is 26.0 Å². The summed E-state index contributed by atoms with van der Waals surface area (Å²) in [4.78, 5) is 51.1. The molecule has 0 bridgehead atoms. The van der Waals surface area contributed by atoms with Crippen LogP contribution in [0.4, 0.5) is 9.59 Å². The summed E-state index contributed by atoms with van der Waals surface area (Å²) in [5.74, 6) is -9.03. The molecule has 300 valence electrons. The molecule has 2 aliphatic heterocycles. The van der Waals surface area contributed by atoms with Gasteiger partial charge in [0, 0.05) is 25.3 Å². The lowest BCUT2D eigenvalue weighted by atomic mass is 9.79. The molecule has 18 heteroatoms. The van der Waals surface area contributed by atoms with E-state index in [2.05, 4.69) is 0 Å². The van der Waals surface area contributed by atoms with Gasteiger partial charge in [0.1, 0.15) is 30.0 Å². The van der Waals surface area contributed by atoms with Crippen molar-refractivity contribution >= 4 is 30.3 Å². The van der Waals surface area contributed by atoms with Gasteiger partial charge in [0.15, 0.2) is 18.5 Å². The minimum atomic E-state index is -2.73. The molecule has 1 aromatic carbocycles. The van der Waals surface area contributed by atoms with Gasteiger partial charge in [0.05, 0.1) is 32.7 Å². The maximum Gasteiger partial charge on any atom is 0.510 e. The molecular formula is C36H48O18. The average molecular weight is 769 g/mol. The molecule has 5 N–H and O–H groups in total. The van der Waals surface area contributed by atoms with Crippen molar-refractivity contribution < 1.29 is 87.3 Å². The molecule has 1 aliphatic carbocycles. The first kappa shape index (κ1) is 42.3. The highest BCUT2D eigenvalue weighted by Crippen LogP contribution is 2.55. The van der Waals surface area contributed by atoms with Gasteiger partial charge in [-0.15, -0.1) is 0 Å². The van der Waals surface area contributed by atoms with Crippen molar-refractivity contribution in [3.63, 3.8) is 0 Å². The van der Waals surface area contributed by atoms with Crippen LogP contribution >= 0.6 is 0 Å². The van der Waals surface area contributed by atoms with Crippen molar-refractivity contribution in [2.45, 2.75) is 95.8 Å². The molecule has 10 atom stereocenters. The second-order valence-electron chi connectivity index (χ2n) is 13.4. The summed E-state index contributed by atoms with van der Waals surface area (Å²) in [5, 5.41) is 53.0. The molecule has 18 nitrogen and oxygen atoms in total. The van der Waals surface area contributed by atoms with E-state index < -0.39 is 97.7 Å². The standard InChI is InChI=1S/C36H48O18/c1-6-46-33(43)51-25-15-23-21(18-49-35(5,53-27(40)14-19(3)4)31(23)36(25,45)54-34(44)47-7-2)17-48-32-30(29(42)28(41)24(16-37)50-32)52-26(39)13-10-20-8-11-22(38)12-9-20/h8-13,18-19,23-25,28-32,37-38,41-42,45H,6-7,14-17H2,1-5H3. The van der Waals surface area contributed by atoms with Crippen molar-refractivity contribution in [2.75, 3.05) is 26.4 Å². The predicted molar refractivity (Wildman–Crippen MR) is 180 cm³/mol. The first-order chi connectivity index (χ1) is 25.5. The van der Waals surface area contributed by atoms with E-state index in [0.29, 0.717) is 5.56 Å². The zero-order valence-corrected chi connectivity index (χ0v) is 30.5. The second-order valence-corrected chi connectivity index (χ2v) is 13.4. The van der Waals surface area contributed by atoms with Gasteiger partial charge in [0.25, 0.3) is 11.6 Å². The van der Waals surface area contributed by atoms with Gasteiger partial charge < -0.3 is 68.2 Å². The maximum atomic E-state index is 13.0. The van der Waals surface area contributed by atoms with Gasteiger partial charge >= 0.3 is 24.2 Å². The number of fused-ring (bicyclic) bond motifs is 1. The summed E-state index contributed by atoms with van der Waals surface area (Å²) in [6.07, 6.45) is -8.96. The van der Waals surface area contributed by atoms with Crippen LogP contribution in [-0.4, -0.2) is 125 Å². The zero-order valence-electron chi connectivity index (χ0n) is 30.5. The number of hydrogen-bond donors (Lipinski definition) is 5. The average Bonchev–Trinajstić information content (AvgIpc) is 3.38. The van der Waals surface area contributed by atoms with Crippen molar-refractivity contribution in [2.24, 2.45) is 17.8 Å². The van der Waals surface area contributed by atoms with E-state index in [0.717, 1.165) is 6.08 Å². The van der Waals surface area contributed by atoms with Crippen LogP contribution in [0.25, 0.3) is 6.08 Å². The first-order valence-corrected chi connectivity index (χ1v) is 17.5. The molecule has 0 amide bonds. The highest BCUT2D eigenvalue weighted by molar-refractivity contribution is 5.87. The quantitative estimate of drug-likeness (QED) is 0.0786. The molecule has 1 aromatic rings. The number of carbonyl (C=O) groups is 4. The van der Waals surface area contributed by atoms with E-state index in [-0.39, 0.29) is 43.3 Å². The first-order valence-electron chi connectivity index (χ1n) is 17.5.